The van der Waals surface area contributed by atoms with Crippen LogP contribution in [0.3, 0.4) is 0 Å². The van der Waals surface area contributed by atoms with Gasteiger partial charge >= 0.3 is 15.5 Å². The largest absolute Gasteiger partial charge is 0.516 e. The molecule has 0 saturated carbocycles. The minimum absolute atomic E-state index is 0.132. The number of thiophene rings is 1. The van der Waals surface area contributed by atoms with Gasteiger partial charge in [0, 0.05) is 28.7 Å². The van der Waals surface area contributed by atoms with Crippen LogP contribution in [0.4, 0.5) is 18.9 Å². The van der Waals surface area contributed by atoms with E-state index in [1.165, 1.54) is 40.3 Å². The van der Waals surface area contributed by atoms with Gasteiger partial charge in [0.05, 0.1) is 4.88 Å². The van der Waals surface area contributed by atoms with Crippen molar-refractivity contribution >= 4 is 33.0 Å². The molecule has 2 saturated heterocycles. The molecule has 0 unspecified atom stereocenters. The molecular formula is C18H18F3N3O3S2. The molecule has 156 valence electrons. The molecule has 0 spiro atoms. The zero-order chi connectivity index (χ0) is 20.8. The van der Waals surface area contributed by atoms with Crippen molar-refractivity contribution in [1.82, 2.24) is 10.6 Å². The molecule has 1 aromatic heterocycles. The minimum atomic E-state index is -5.46. The van der Waals surface area contributed by atoms with Crippen LogP contribution in [0.2, 0.25) is 0 Å². The van der Waals surface area contributed by atoms with E-state index in [-0.39, 0.29) is 17.6 Å². The fourth-order valence-electron chi connectivity index (χ4n) is 3.75. The molecule has 3 atom stereocenters. The quantitative estimate of drug-likeness (QED) is 0.659. The Balaban J connectivity index is 1.42. The van der Waals surface area contributed by atoms with E-state index >= 15 is 0 Å². The Kier molecular flexibility index (Phi) is 5.07. The third kappa shape index (κ3) is 4.12. The van der Waals surface area contributed by atoms with Gasteiger partial charge in [-0.15, -0.1) is 11.3 Å². The van der Waals surface area contributed by atoms with Gasteiger partial charge in [0.25, 0.3) is 5.91 Å². The molecule has 1 amide bonds. The molecule has 11 heteroatoms. The number of fused-ring (bicyclic) bond motifs is 2. The molecule has 0 radical (unpaired) electrons. The molecule has 2 aromatic rings. The molecule has 2 fully saturated rings. The summed E-state index contributed by atoms with van der Waals surface area (Å²) in [6.45, 7) is 0. The molecule has 2 aliphatic heterocycles. The Labute approximate surface area is 169 Å². The summed E-state index contributed by atoms with van der Waals surface area (Å²) in [5, 5.41) is 6.53. The standard InChI is InChI=1S/C18H18F3N3O3S2/c19-18(20,21)29(26,27)24-11-3-1-10(2-4-11)15-7-8-16(28-15)17(25)23-14-9-12-5-6-13(14)22-12/h1-4,7-8,12-14,22,24H,5-6,9H2,(H,23,25)/t12-,13+,14-/m1/s1. The van der Waals surface area contributed by atoms with Crippen LogP contribution in [0, 0.1) is 0 Å². The third-order valence-corrected chi connectivity index (χ3v) is 7.42. The first-order chi connectivity index (χ1) is 13.6. The van der Waals surface area contributed by atoms with Crippen LogP contribution in [0.15, 0.2) is 36.4 Å². The summed E-state index contributed by atoms with van der Waals surface area (Å²) in [6, 6.07) is 9.91. The average molecular weight is 445 g/mol. The van der Waals surface area contributed by atoms with Crippen molar-refractivity contribution in [2.45, 2.75) is 42.9 Å². The number of alkyl halides is 3. The van der Waals surface area contributed by atoms with E-state index in [0.29, 0.717) is 22.5 Å². The summed E-state index contributed by atoms with van der Waals surface area (Å²) in [5.41, 5.74) is -4.90. The van der Waals surface area contributed by atoms with E-state index in [1.54, 1.807) is 12.1 Å². The SMILES string of the molecule is O=C(N[C@@H]1C[C@H]2CC[C@@H]1N2)c1ccc(-c2ccc(NS(=O)(=O)C(F)(F)F)cc2)s1. The molecule has 3 N–H and O–H groups in total. The van der Waals surface area contributed by atoms with Gasteiger partial charge in [0.15, 0.2) is 0 Å². The molecule has 3 heterocycles. The molecule has 1 aromatic carbocycles. The highest BCUT2D eigenvalue weighted by Gasteiger charge is 2.46. The van der Waals surface area contributed by atoms with E-state index in [0.717, 1.165) is 24.1 Å². The van der Waals surface area contributed by atoms with Gasteiger partial charge in [-0.1, -0.05) is 12.1 Å². The van der Waals surface area contributed by atoms with Crippen LogP contribution in [-0.4, -0.2) is 38.0 Å². The smallest absolute Gasteiger partial charge is 0.347 e. The van der Waals surface area contributed by atoms with Crippen molar-refractivity contribution in [2.75, 3.05) is 4.72 Å². The average Bonchev–Trinajstić information content (AvgIpc) is 3.38. The number of hydrogen-bond donors (Lipinski definition) is 3. The number of hydrogen-bond acceptors (Lipinski definition) is 5. The van der Waals surface area contributed by atoms with Crippen molar-refractivity contribution in [3.8, 4) is 10.4 Å². The van der Waals surface area contributed by atoms with Gasteiger partial charge in [-0.25, -0.2) is 0 Å². The van der Waals surface area contributed by atoms with Crippen molar-refractivity contribution in [2.24, 2.45) is 0 Å². The zero-order valence-corrected chi connectivity index (χ0v) is 16.6. The van der Waals surface area contributed by atoms with Crippen LogP contribution < -0.4 is 15.4 Å². The van der Waals surface area contributed by atoms with Crippen LogP contribution in [0.1, 0.15) is 28.9 Å². The molecule has 2 aliphatic rings. The van der Waals surface area contributed by atoms with E-state index in [1.807, 2.05) is 0 Å². The molecule has 0 aliphatic carbocycles. The highest BCUT2D eigenvalue weighted by atomic mass is 32.2. The van der Waals surface area contributed by atoms with Gasteiger partial charge in [-0.2, -0.15) is 21.6 Å². The maximum absolute atomic E-state index is 12.5. The number of rotatable bonds is 5. The summed E-state index contributed by atoms with van der Waals surface area (Å²) >= 11 is 1.27. The highest BCUT2D eigenvalue weighted by molar-refractivity contribution is 7.93. The van der Waals surface area contributed by atoms with Gasteiger partial charge in [-0.05, 0) is 49.1 Å². The van der Waals surface area contributed by atoms with Crippen molar-refractivity contribution < 1.29 is 26.4 Å². The Morgan fingerprint density at radius 2 is 1.83 bits per heavy atom. The van der Waals surface area contributed by atoms with Crippen LogP contribution in [-0.2, 0) is 10.0 Å². The minimum Gasteiger partial charge on any atom is -0.347 e. The first-order valence-electron chi connectivity index (χ1n) is 8.99. The lowest BCUT2D eigenvalue weighted by Gasteiger charge is -2.20. The van der Waals surface area contributed by atoms with Crippen LogP contribution in [0.25, 0.3) is 10.4 Å². The maximum Gasteiger partial charge on any atom is 0.516 e. The lowest BCUT2D eigenvalue weighted by molar-refractivity contribution is -0.0429. The number of sulfonamides is 1. The number of halogens is 3. The number of nitrogens with one attached hydrogen (secondary N) is 3. The molecule has 6 nitrogen and oxygen atoms in total. The van der Waals surface area contributed by atoms with Gasteiger partial charge in [-0.3, -0.25) is 9.52 Å². The second-order valence-electron chi connectivity index (χ2n) is 7.16. The normalized spacial score (nSPS) is 23.9. The predicted molar refractivity (Wildman–Crippen MR) is 104 cm³/mol. The number of amides is 1. The van der Waals surface area contributed by atoms with Crippen LogP contribution >= 0.6 is 11.3 Å². The molecule has 2 bridgehead atoms. The van der Waals surface area contributed by atoms with Crippen molar-refractivity contribution in [3.63, 3.8) is 0 Å². The van der Waals surface area contributed by atoms with E-state index in [2.05, 4.69) is 10.6 Å². The fourth-order valence-corrected chi connectivity index (χ4v) is 5.23. The summed E-state index contributed by atoms with van der Waals surface area (Å²) in [6.07, 6.45) is 3.15. The first kappa shape index (κ1) is 20.2. The number of carbonyl (C=O) groups is 1. The summed E-state index contributed by atoms with van der Waals surface area (Å²) in [7, 11) is -5.46. The molecular weight excluding hydrogens is 427 g/mol. The monoisotopic (exact) mass is 445 g/mol. The highest BCUT2D eigenvalue weighted by Crippen LogP contribution is 2.32. The van der Waals surface area contributed by atoms with Gasteiger partial charge < -0.3 is 10.6 Å². The third-order valence-electron chi connectivity index (χ3n) is 5.17. The summed E-state index contributed by atoms with van der Waals surface area (Å²) in [4.78, 5) is 13.8. The Morgan fingerprint density at radius 3 is 2.41 bits per heavy atom. The Morgan fingerprint density at radius 1 is 1.10 bits per heavy atom. The predicted octanol–water partition coefficient (Wildman–Crippen LogP) is 3.30. The van der Waals surface area contributed by atoms with E-state index in [9.17, 15) is 26.4 Å². The molecule has 4 rings (SSSR count). The number of benzene rings is 1. The lowest BCUT2D eigenvalue weighted by Crippen LogP contribution is -2.42. The summed E-state index contributed by atoms with van der Waals surface area (Å²) in [5.74, 6) is -0.143. The van der Waals surface area contributed by atoms with E-state index in [4.69, 9.17) is 0 Å². The van der Waals surface area contributed by atoms with Crippen LogP contribution in [0.5, 0.6) is 0 Å². The number of anilines is 1. The van der Waals surface area contributed by atoms with Crippen molar-refractivity contribution in [3.05, 3.63) is 41.3 Å². The maximum atomic E-state index is 12.5. The van der Waals surface area contributed by atoms with E-state index < -0.39 is 15.5 Å². The fraction of sp³-hybridized carbons (Fsp3) is 0.389. The topological polar surface area (TPSA) is 87.3 Å². The van der Waals surface area contributed by atoms with Gasteiger partial charge in [0.1, 0.15) is 0 Å². The Hall–Kier alpha value is -2.11. The molecule has 29 heavy (non-hydrogen) atoms. The first-order valence-corrected chi connectivity index (χ1v) is 11.3. The van der Waals surface area contributed by atoms with Gasteiger partial charge in [0.2, 0.25) is 0 Å². The van der Waals surface area contributed by atoms with Crippen molar-refractivity contribution in [1.29, 1.82) is 0 Å². The second kappa shape index (κ2) is 7.29. The summed E-state index contributed by atoms with van der Waals surface area (Å²) < 4.78 is 61.2. The second-order valence-corrected chi connectivity index (χ2v) is 9.91. The zero-order valence-electron chi connectivity index (χ0n) is 15.0. The lowest BCUT2D eigenvalue weighted by atomic mass is 9.95. The Bertz CT molecular complexity index is 1020. The number of carbonyl (C=O) groups excluding carboxylic acids is 1.